The number of methoxy groups -OCH3 is 1. The van der Waals surface area contributed by atoms with Crippen LogP contribution in [0, 0.1) is 5.82 Å². The second kappa shape index (κ2) is 9.21. The SMILES string of the molecule is COc1ccc(CSc2nnc(-c3cc(-c4ccc(Cl)cc4)nc4ccccc34)o2)cc1F. The zero-order valence-electron chi connectivity index (χ0n) is 17.5. The maximum absolute atomic E-state index is 14.0. The van der Waals surface area contributed by atoms with Crippen molar-refractivity contribution in [3.05, 3.63) is 89.2 Å². The predicted octanol–water partition coefficient (Wildman–Crippen LogP) is 7.05. The number of para-hydroxylation sites is 1. The summed E-state index contributed by atoms with van der Waals surface area (Å²) in [6.45, 7) is 0. The van der Waals surface area contributed by atoms with Crippen LogP contribution in [0.1, 0.15) is 5.56 Å². The van der Waals surface area contributed by atoms with Crippen LogP contribution < -0.4 is 4.74 Å². The van der Waals surface area contributed by atoms with Crippen molar-refractivity contribution in [3.63, 3.8) is 0 Å². The highest BCUT2D eigenvalue weighted by Gasteiger charge is 2.16. The van der Waals surface area contributed by atoms with Crippen LogP contribution in [0.25, 0.3) is 33.6 Å². The Labute approximate surface area is 198 Å². The van der Waals surface area contributed by atoms with Gasteiger partial charge in [-0.3, -0.25) is 0 Å². The molecule has 164 valence electrons. The van der Waals surface area contributed by atoms with Crippen LogP contribution in [0.5, 0.6) is 5.75 Å². The fourth-order valence-electron chi connectivity index (χ4n) is 3.44. The van der Waals surface area contributed by atoms with Crippen molar-refractivity contribution in [1.82, 2.24) is 15.2 Å². The van der Waals surface area contributed by atoms with Gasteiger partial charge < -0.3 is 9.15 Å². The molecule has 0 spiro atoms. The largest absolute Gasteiger partial charge is 0.494 e. The first-order valence-electron chi connectivity index (χ1n) is 10.1. The summed E-state index contributed by atoms with van der Waals surface area (Å²) in [5.74, 6) is 0.687. The van der Waals surface area contributed by atoms with E-state index < -0.39 is 5.82 Å². The summed E-state index contributed by atoms with van der Waals surface area (Å²) in [4.78, 5) is 4.78. The van der Waals surface area contributed by atoms with Crippen molar-refractivity contribution in [2.45, 2.75) is 11.0 Å². The van der Waals surface area contributed by atoms with E-state index in [1.807, 2.05) is 54.6 Å². The Morgan fingerprint density at radius 1 is 1.00 bits per heavy atom. The van der Waals surface area contributed by atoms with Gasteiger partial charge in [-0.05, 0) is 42.0 Å². The van der Waals surface area contributed by atoms with E-state index in [2.05, 4.69) is 10.2 Å². The molecule has 0 atom stereocenters. The van der Waals surface area contributed by atoms with Crippen LogP contribution in [0.4, 0.5) is 4.39 Å². The van der Waals surface area contributed by atoms with Crippen LogP contribution in [-0.4, -0.2) is 22.3 Å². The van der Waals surface area contributed by atoms with Gasteiger partial charge in [-0.2, -0.15) is 0 Å². The second-order valence-corrected chi connectivity index (χ2v) is 8.57. The first kappa shape index (κ1) is 21.4. The van der Waals surface area contributed by atoms with E-state index in [0.29, 0.717) is 21.9 Å². The second-order valence-electron chi connectivity index (χ2n) is 7.21. The molecule has 3 aromatic carbocycles. The van der Waals surface area contributed by atoms with E-state index in [-0.39, 0.29) is 5.75 Å². The molecule has 0 bridgehead atoms. The minimum Gasteiger partial charge on any atom is -0.494 e. The molecule has 0 amide bonds. The summed E-state index contributed by atoms with van der Waals surface area (Å²) in [6.07, 6.45) is 0. The zero-order valence-corrected chi connectivity index (χ0v) is 19.0. The molecular weight excluding hydrogens is 461 g/mol. The lowest BCUT2D eigenvalue weighted by Crippen LogP contribution is -1.90. The Balaban J connectivity index is 1.46. The molecule has 33 heavy (non-hydrogen) atoms. The Kier molecular flexibility index (Phi) is 5.98. The molecule has 5 aromatic rings. The molecule has 2 heterocycles. The zero-order chi connectivity index (χ0) is 22.8. The van der Waals surface area contributed by atoms with Crippen molar-refractivity contribution in [2.24, 2.45) is 0 Å². The minimum atomic E-state index is -0.403. The number of aromatic nitrogens is 3. The first-order chi connectivity index (χ1) is 16.1. The van der Waals surface area contributed by atoms with Crippen molar-refractivity contribution < 1.29 is 13.5 Å². The Morgan fingerprint density at radius 3 is 2.61 bits per heavy atom. The number of nitrogens with zero attached hydrogens (tertiary/aromatic N) is 3. The van der Waals surface area contributed by atoms with Crippen LogP contribution in [0.15, 0.2) is 82.4 Å². The van der Waals surface area contributed by atoms with Gasteiger partial charge in [0, 0.05) is 21.7 Å². The summed E-state index contributed by atoms with van der Waals surface area (Å²) < 4.78 is 24.9. The van der Waals surface area contributed by atoms with Gasteiger partial charge in [0.2, 0.25) is 5.89 Å². The maximum atomic E-state index is 14.0. The third-order valence-corrected chi connectivity index (χ3v) is 6.21. The van der Waals surface area contributed by atoms with Gasteiger partial charge in [0.1, 0.15) is 0 Å². The van der Waals surface area contributed by atoms with Crippen LogP contribution in [0.3, 0.4) is 0 Å². The lowest BCUT2D eigenvalue weighted by Gasteiger charge is -2.07. The number of benzene rings is 3. The number of halogens is 2. The molecule has 2 aromatic heterocycles. The summed E-state index contributed by atoms with van der Waals surface area (Å²) in [7, 11) is 1.44. The molecule has 0 unspecified atom stereocenters. The normalized spacial score (nSPS) is 11.1. The van der Waals surface area contributed by atoms with Crippen molar-refractivity contribution in [3.8, 4) is 28.5 Å². The topological polar surface area (TPSA) is 61.0 Å². The van der Waals surface area contributed by atoms with Gasteiger partial charge in [-0.15, -0.1) is 10.2 Å². The number of thioether (sulfide) groups is 1. The number of ether oxygens (including phenoxy) is 1. The van der Waals surface area contributed by atoms with Gasteiger partial charge in [-0.1, -0.05) is 59.8 Å². The van der Waals surface area contributed by atoms with E-state index in [1.165, 1.54) is 24.9 Å². The molecule has 8 heteroatoms. The van der Waals surface area contributed by atoms with Crippen LogP contribution >= 0.6 is 23.4 Å². The van der Waals surface area contributed by atoms with E-state index in [1.54, 1.807) is 12.1 Å². The third-order valence-electron chi connectivity index (χ3n) is 5.07. The summed E-state index contributed by atoms with van der Waals surface area (Å²) in [6, 6.07) is 22.1. The van der Waals surface area contributed by atoms with Crippen LogP contribution in [-0.2, 0) is 5.75 Å². The molecule has 5 rings (SSSR count). The first-order valence-corrected chi connectivity index (χ1v) is 11.4. The summed E-state index contributed by atoms with van der Waals surface area (Å²) in [5.41, 5.74) is 4.11. The Bertz CT molecular complexity index is 1440. The van der Waals surface area contributed by atoms with E-state index in [4.69, 9.17) is 25.7 Å². The highest BCUT2D eigenvalue weighted by atomic mass is 35.5. The number of fused-ring (bicyclic) bond motifs is 1. The van der Waals surface area contributed by atoms with Crippen molar-refractivity contribution in [2.75, 3.05) is 7.11 Å². The summed E-state index contributed by atoms with van der Waals surface area (Å²) in [5, 5.41) is 10.4. The average molecular weight is 478 g/mol. The van der Waals surface area contributed by atoms with Crippen molar-refractivity contribution >= 4 is 34.3 Å². The van der Waals surface area contributed by atoms with Gasteiger partial charge in [0.25, 0.3) is 5.22 Å². The predicted molar refractivity (Wildman–Crippen MR) is 128 cm³/mol. The van der Waals surface area contributed by atoms with Crippen molar-refractivity contribution in [1.29, 1.82) is 0 Å². The highest BCUT2D eigenvalue weighted by molar-refractivity contribution is 7.98. The van der Waals surface area contributed by atoms with Gasteiger partial charge in [-0.25, -0.2) is 9.37 Å². The number of rotatable bonds is 6. The van der Waals surface area contributed by atoms with Gasteiger partial charge in [0.15, 0.2) is 11.6 Å². The molecule has 0 aliphatic rings. The van der Waals surface area contributed by atoms with E-state index in [0.717, 1.165) is 33.3 Å². The monoisotopic (exact) mass is 477 g/mol. The molecule has 0 saturated heterocycles. The number of hydrogen-bond donors (Lipinski definition) is 0. The van der Waals surface area contributed by atoms with E-state index in [9.17, 15) is 4.39 Å². The molecular formula is C25H17ClFN3O2S. The molecule has 0 N–H and O–H groups in total. The van der Waals surface area contributed by atoms with E-state index >= 15 is 0 Å². The lowest BCUT2D eigenvalue weighted by molar-refractivity contribution is 0.386. The Morgan fingerprint density at radius 2 is 1.82 bits per heavy atom. The standard InChI is InChI=1S/C25H17ClFN3O2S/c1-31-23-11-6-15(12-20(23)27)14-33-25-30-29-24(32-25)19-13-22(16-7-9-17(26)10-8-16)28-21-5-3-2-4-18(19)21/h2-13H,14H2,1H3. The number of hydrogen-bond acceptors (Lipinski definition) is 6. The van der Waals surface area contributed by atoms with Gasteiger partial charge >= 0.3 is 0 Å². The Hall–Kier alpha value is -3.42. The third kappa shape index (κ3) is 4.55. The van der Waals surface area contributed by atoms with Crippen LogP contribution in [0.2, 0.25) is 5.02 Å². The number of pyridine rings is 1. The average Bonchev–Trinajstić information content (AvgIpc) is 3.31. The smallest absolute Gasteiger partial charge is 0.277 e. The maximum Gasteiger partial charge on any atom is 0.277 e. The lowest BCUT2D eigenvalue weighted by atomic mass is 10.0. The van der Waals surface area contributed by atoms with Gasteiger partial charge in [0.05, 0.1) is 23.9 Å². The fourth-order valence-corrected chi connectivity index (χ4v) is 4.27. The highest BCUT2D eigenvalue weighted by Crippen LogP contribution is 2.33. The molecule has 0 aliphatic carbocycles. The fraction of sp³-hybridized carbons (Fsp3) is 0.0800. The minimum absolute atomic E-state index is 0.213. The summed E-state index contributed by atoms with van der Waals surface area (Å²) >= 11 is 7.38. The molecule has 5 nitrogen and oxygen atoms in total. The molecule has 0 radical (unpaired) electrons. The molecule has 0 saturated carbocycles. The molecule has 0 fully saturated rings. The molecule has 0 aliphatic heterocycles. The quantitative estimate of drug-likeness (QED) is 0.244.